The number of ether oxygens (including phenoxy) is 1. The van der Waals surface area contributed by atoms with Gasteiger partial charge in [0.05, 0.1) is 0 Å². The van der Waals surface area contributed by atoms with Crippen LogP contribution in [-0.2, 0) is 19.1 Å². The summed E-state index contributed by atoms with van der Waals surface area (Å²) in [4.78, 5) is 39.2. The summed E-state index contributed by atoms with van der Waals surface area (Å²) in [5.74, 6) is 0.846. The fraction of sp³-hybridized carbons (Fsp3) is 0.720. The summed E-state index contributed by atoms with van der Waals surface area (Å²) in [6.45, 7) is 8.05. The molecule has 4 aliphatic carbocycles. The maximum atomic E-state index is 13.4. The van der Waals surface area contributed by atoms with Crippen molar-refractivity contribution in [2.75, 3.05) is 14.1 Å². The second-order valence-electron chi connectivity index (χ2n) is 10.7. The number of esters is 1. The predicted molar refractivity (Wildman–Crippen MR) is 114 cm³/mol. The highest BCUT2D eigenvalue weighted by Gasteiger charge is 2.69. The molecule has 3 unspecified atom stereocenters. The lowest BCUT2D eigenvalue weighted by Crippen LogP contribution is -2.61. The minimum Gasteiger partial charge on any atom is -0.449 e. The Balaban J connectivity index is 1.80. The van der Waals surface area contributed by atoms with Crippen molar-refractivity contribution in [1.29, 1.82) is 0 Å². The number of hydrogen-bond donors (Lipinski definition) is 0. The van der Waals surface area contributed by atoms with Gasteiger partial charge in [0.1, 0.15) is 0 Å². The highest BCUT2D eigenvalue weighted by Crippen LogP contribution is 2.67. The topological polar surface area (TPSA) is 63.7 Å². The van der Waals surface area contributed by atoms with Gasteiger partial charge in [-0.3, -0.25) is 14.4 Å². The summed E-state index contributed by atoms with van der Waals surface area (Å²) < 4.78 is 5.94. The third-order valence-electron chi connectivity index (χ3n) is 9.02. The second-order valence-corrected chi connectivity index (χ2v) is 10.7. The zero-order chi connectivity index (χ0) is 22.1. The maximum Gasteiger partial charge on any atom is 0.303 e. The molecular weight excluding hydrogens is 378 g/mol. The highest BCUT2D eigenvalue weighted by atomic mass is 16.6. The molecule has 0 aromatic heterocycles. The SMILES string of the molecule is CC(=O)O[C@@]1(C(=O)N(C)C)CCC2C3C=C(C)C4=CC(=O)CC[C@]4(C)C3CC[C@@]21C. The van der Waals surface area contributed by atoms with E-state index in [0.717, 1.165) is 25.7 Å². The Morgan fingerprint density at radius 1 is 1.10 bits per heavy atom. The van der Waals surface area contributed by atoms with Gasteiger partial charge in [-0.2, -0.15) is 0 Å². The van der Waals surface area contributed by atoms with E-state index in [4.69, 9.17) is 4.74 Å². The molecule has 1 amide bonds. The van der Waals surface area contributed by atoms with Crippen molar-refractivity contribution in [2.45, 2.75) is 71.8 Å². The molecule has 0 radical (unpaired) electrons. The minimum atomic E-state index is -1.08. The van der Waals surface area contributed by atoms with Crippen molar-refractivity contribution in [3.8, 4) is 0 Å². The average molecular weight is 414 g/mol. The monoisotopic (exact) mass is 413 g/mol. The van der Waals surface area contributed by atoms with Crippen molar-refractivity contribution in [2.24, 2.45) is 28.6 Å². The first-order chi connectivity index (χ1) is 14.0. The van der Waals surface area contributed by atoms with Crippen molar-refractivity contribution in [1.82, 2.24) is 4.90 Å². The lowest BCUT2D eigenvalue weighted by Gasteiger charge is -2.58. The molecule has 0 aliphatic heterocycles. The molecule has 30 heavy (non-hydrogen) atoms. The molecular formula is C25H35NO4. The lowest BCUT2D eigenvalue weighted by molar-refractivity contribution is -0.192. The van der Waals surface area contributed by atoms with E-state index in [9.17, 15) is 14.4 Å². The first kappa shape index (κ1) is 21.3. The van der Waals surface area contributed by atoms with E-state index < -0.39 is 5.60 Å². The number of ketones is 1. The van der Waals surface area contributed by atoms with E-state index >= 15 is 0 Å². The summed E-state index contributed by atoms with van der Waals surface area (Å²) in [5, 5.41) is 0. The molecule has 0 spiro atoms. The van der Waals surface area contributed by atoms with E-state index in [1.165, 1.54) is 18.1 Å². The molecule has 0 aromatic carbocycles. The summed E-state index contributed by atoms with van der Waals surface area (Å²) in [7, 11) is 3.50. The summed E-state index contributed by atoms with van der Waals surface area (Å²) in [6.07, 6.45) is 9.06. The molecule has 2 saturated carbocycles. The van der Waals surface area contributed by atoms with Crippen LogP contribution in [0.25, 0.3) is 0 Å². The van der Waals surface area contributed by atoms with E-state index in [0.29, 0.717) is 24.7 Å². The number of likely N-dealkylation sites (N-methyl/N-ethyl adjacent to an activating group) is 1. The van der Waals surface area contributed by atoms with Crippen LogP contribution in [0.15, 0.2) is 23.3 Å². The smallest absolute Gasteiger partial charge is 0.303 e. The number of amides is 1. The molecule has 6 atom stereocenters. The van der Waals surface area contributed by atoms with Gasteiger partial charge in [0.15, 0.2) is 11.4 Å². The Morgan fingerprint density at radius 3 is 2.40 bits per heavy atom. The molecule has 4 aliphatic rings. The number of rotatable bonds is 2. The van der Waals surface area contributed by atoms with Gasteiger partial charge >= 0.3 is 5.97 Å². The molecule has 164 valence electrons. The quantitative estimate of drug-likeness (QED) is 0.640. The fourth-order valence-electron chi connectivity index (χ4n) is 7.58. The van der Waals surface area contributed by atoms with Crippen molar-refractivity contribution in [3.63, 3.8) is 0 Å². The molecule has 2 fully saturated rings. The molecule has 0 bridgehead atoms. The zero-order valence-electron chi connectivity index (χ0n) is 19.2. The van der Waals surface area contributed by atoms with Crippen LogP contribution in [0.5, 0.6) is 0 Å². The van der Waals surface area contributed by atoms with Crippen LogP contribution >= 0.6 is 0 Å². The third kappa shape index (κ3) is 2.69. The highest BCUT2D eigenvalue weighted by molar-refractivity contribution is 5.92. The summed E-state index contributed by atoms with van der Waals surface area (Å²) in [5.41, 5.74) is 0.966. The molecule has 0 heterocycles. The normalized spacial score (nSPS) is 42.3. The van der Waals surface area contributed by atoms with Gasteiger partial charge in [-0.15, -0.1) is 0 Å². The second kappa shape index (κ2) is 6.80. The van der Waals surface area contributed by atoms with Gasteiger partial charge in [0.2, 0.25) is 0 Å². The van der Waals surface area contributed by atoms with Crippen molar-refractivity contribution >= 4 is 17.7 Å². The van der Waals surface area contributed by atoms with E-state index in [1.54, 1.807) is 19.0 Å². The van der Waals surface area contributed by atoms with Gasteiger partial charge in [-0.1, -0.05) is 25.5 Å². The third-order valence-corrected chi connectivity index (χ3v) is 9.02. The molecule has 4 rings (SSSR count). The molecule has 0 aromatic rings. The number of allylic oxidation sites excluding steroid dienone is 4. The summed E-state index contributed by atoms with van der Waals surface area (Å²) >= 11 is 0. The number of nitrogens with zero attached hydrogens (tertiary/aromatic N) is 1. The van der Waals surface area contributed by atoms with Crippen LogP contribution in [-0.4, -0.2) is 42.3 Å². The van der Waals surface area contributed by atoms with Crippen LogP contribution in [0.4, 0.5) is 0 Å². The average Bonchev–Trinajstić information content (AvgIpc) is 2.95. The number of carbonyl (C=O) groups excluding carboxylic acids is 3. The molecule has 0 saturated heterocycles. The largest absolute Gasteiger partial charge is 0.449 e. The first-order valence-electron chi connectivity index (χ1n) is 11.3. The van der Waals surface area contributed by atoms with Gasteiger partial charge in [0.25, 0.3) is 5.91 Å². The van der Waals surface area contributed by atoms with Gasteiger partial charge in [-0.05, 0) is 73.8 Å². The van der Waals surface area contributed by atoms with Crippen LogP contribution < -0.4 is 0 Å². The molecule has 0 N–H and O–H groups in total. The van der Waals surface area contributed by atoms with Gasteiger partial charge in [-0.25, -0.2) is 0 Å². The Hall–Kier alpha value is -1.91. The number of fused-ring (bicyclic) bond motifs is 5. The standard InChI is InChI=1S/C25H35NO4/c1-15-13-18-19(23(3)10-7-17(28)14-21(15)23)8-11-24(4)20(18)9-12-25(24,30-16(2)27)22(29)26(5)6/h13-14,18-20H,7-12H2,1-6H3/t18?,19?,20?,23-,24+,25-/m1/s1. The van der Waals surface area contributed by atoms with Crippen LogP contribution in [0, 0.1) is 28.6 Å². The van der Waals surface area contributed by atoms with E-state index in [2.05, 4.69) is 26.8 Å². The molecule has 5 nitrogen and oxygen atoms in total. The minimum absolute atomic E-state index is 0.0109. The van der Waals surface area contributed by atoms with E-state index in [-0.39, 0.29) is 34.4 Å². The van der Waals surface area contributed by atoms with Crippen LogP contribution in [0.1, 0.15) is 66.2 Å². The Bertz CT molecular complexity index is 870. The number of hydrogen-bond acceptors (Lipinski definition) is 4. The van der Waals surface area contributed by atoms with Gasteiger partial charge in [0, 0.05) is 32.9 Å². The van der Waals surface area contributed by atoms with Crippen LogP contribution in [0.2, 0.25) is 0 Å². The maximum absolute atomic E-state index is 13.4. The lowest BCUT2D eigenvalue weighted by atomic mass is 9.47. The zero-order valence-corrected chi connectivity index (χ0v) is 19.2. The first-order valence-corrected chi connectivity index (χ1v) is 11.3. The fourth-order valence-corrected chi connectivity index (χ4v) is 7.58. The van der Waals surface area contributed by atoms with Gasteiger partial charge < -0.3 is 9.64 Å². The summed E-state index contributed by atoms with van der Waals surface area (Å²) in [6, 6.07) is 0. The predicted octanol–water partition coefficient (Wildman–Crippen LogP) is 4.07. The number of carbonyl (C=O) groups is 3. The van der Waals surface area contributed by atoms with E-state index in [1.807, 2.05) is 6.08 Å². The van der Waals surface area contributed by atoms with Crippen molar-refractivity contribution in [3.05, 3.63) is 23.3 Å². The molecule has 5 heteroatoms. The van der Waals surface area contributed by atoms with Crippen molar-refractivity contribution < 1.29 is 19.1 Å². The van der Waals surface area contributed by atoms with Crippen LogP contribution in [0.3, 0.4) is 0 Å². The Labute approximate surface area is 179 Å². The Morgan fingerprint density at radius 2 is 1.77 bits per heavy atom. The Kier molecular flexibility index (Phi) is 4.83.